The van der Waals surface area contributed by atoms with Crippen LogP contribution in [0.3, 0.4) is 0 Å². The van der Waals surface area contributed by atoms with E-state index in [9.17, 15) is 4.79 Å². The van der Waals surface area contributed by atoms with Crippen LogP contribution >= 0.6 is 0 Å². The molecule has 0 radical (unpaired) electrons. The molecule has 0 spiro atoms. The molecule has 5 nitrogen and oxygen atoms in total. The van der Waals surface area contributed by atoms with Crippen molar-refractivity contribution < 1.29 is 5.11 Å². The van der Waals surface area contributed by atoms with Gasteiger partial charge < -0.3 is 5.11 Å². The lowest BCUT2D eigenvalue weighted by molar-refractivity contribution is 0.452. The zero-order valence-corrected chi connectivity index (χ0v) is 7.85. The van der Waals surface area contributed by atoms with Gasteiger partial charge in [-0.05, 0) is 19.9 Å². The second-order valence-electron chi connectivity index (χ2n) is 3.13. The van der Waals surface area contributed by atoms with Gasteiger partial charge in [0.2, 0.25) is 11.7 Å². The van der Waals surface area contributed by atoms with Crippen LogP contribution in [0.25, 0.3) is 5.78 Å². The molecule has 14 heavy (non-hydrogen) atoms. The third kappa shape index (κ3) is 1.22. The highest BCUT2D eigenvalue weighted by Crippen LogP contribution is 2.05. The van der Waals surface area contributed by atoms with Crippen molar-refractivity contribution in [1.29, 1.82) is 0 Å². The zero-order valence-electron chi connectivity index (χ0n) is 7.85. The molecular formula is C9H9N3O2. The van der Waals surface area contributed by atoms with Crippen molar-refractivity contribution in [3.63, 3.8) is 0 Å². The van der Waals surface area contributed by atoms with Crippen molar-refractivity contribution in [1.82, 2.24) is 14.4 Å². The smallest absolute Gasteiger partial charge is 0.263 e. The van der Waals surface area contributed by atoms with Crippen LogP contribution in [0.15, 0.2) is 16.9 Å². The average Bonchev–Trinajstić information content (AvgIpc) is 1.99. The second kappa shape index (κ2) is 2.80. The van der Waals surface area contributed by atoms with Crippen molar-refractivity contribution in [2.75, 3.05) is 0 Å². The van der Waals surface area contributed by atoms with E-state index >= 15 is 0 Å². The topological polar surface area (TPSA) is 67.5 Å². The van der Waals surface area contributed by atoms with E-state index in [-0.39, 0.29) is 17.2 Å². The molecule has 0 aliphatic rings. The van der Waals surface area contributed by atoms with E-state index in [1.807, 2.05) is 6.92 Å². The van der Waals surface area contributed by atoms with E-state index in [4.69, 9.17) is 5.11 Å². The van der Waals surface area contributed by atoms with Gasteiger partial charge in [-0.2, -0.15) is 4.98 Å². The summed E-state index contributed by atoms with van der Waals surface area (Å²) < 4.78 is 1.35. The number of nitrogens with zero attached hydrogens (tertiary/aromatic N) is 3. The van der Waals surface area contributed by atoms with Crippen LogP contribution in [0, 0.1) is 13.8 Å². The lowest BCUT2D eigenvalue weighted by Gasteiger charge is -2.04. The molecule has 0 unspecified atom stereocenters. The van der Waals surface area contributed by atoms with Gasteiger partial charge in [-0.1, -0.05) is 0 Å². The maximum absolute atomic E-state index is 11.5. The molecule has 0 aliphatic carbocycles. The Balaban J connectivity index is 3.02. The molecule has 0 bridgehead atoms. The Kier molecular flexibility index (Phi) is 1.73. The van der Waals surface area contributed by atoms with E-state index in [0.717, 1.165) is 17.5 Å². The van der Waals surface area contributed by atoms with Gasteiger partial charge in [-0.3, -0.25) is 4.79 Å². The summed E-state index contributed by atoms with van der Waals surface area (Å²) in [6.07, 6.45) is 0. The molecule has 2 aromatic rings. The number of fused-ring (bicyclic) bond motifs is 1. The number of aromatic nitrogens is 3. The highest BCUT2D eigenvalue weighted by Gasteiger charge is 2.04. The quantitative estimate of drug-likeness (QED) is 0.655. The molecule has 2 aromatic heterocycles. The van der Waals surface area contributed by atoms with E-state index in [1.165, 1.54) is 4.40 Å². The Labute approximate surface area is 79.7 Å². The minimum atomic E-state index is -0.322. The largest absolute Gasteiger partial charge is 0.493 e. The van der Waals surface area contributed by atoms with Crippen LogP contribution in [0.1, 0.15) is 11.4 Å². The molecule has 0 aromatic carbocycles. The SMILES string of the molecule is Cc1cc(C)n2c(=O)cc(O)nc2n1. The summed E-state index contributed by atoms with van der Waals surface area (Å²) in [4.78, 5) is 19.3. The van der Waals surface area contributed by atoms with Crippen molar-refractivity contribution in [3.8, 4) is 5.88 Å². The standard InChI is InChI=1S/C9H9N3O2/c1-5-3-6(2)12-8(14)4-7(13)11-9(12)10-5/h3-4,13H,1-2H3. The summed E-state index contributed by atoms with van der Waals surface area (Å²) in [6.45, 7) is 3.60. The molecule has 0 amide bonds. The van der Waals surface area contributed by atoms with Crippen LogP contribution in [0.5, 0.6) is 5.88 Å². The van der Waals surface area contributed by atoms with Crippen molar-refractivity contribution in [2.24, 2.45) is 0 Å². The third-order valence-corrected chi connectivity index (χ3v) is 1.93. The molecule has 0 saturated carbocycles. The van der Waals surface area contributed by atoms with Gasteiger partial charge >= 0.3 is 0 Å². The van der Waals surface area contributed by atoms with Gasteiger partial charge in [0.15, 0.2) is 0 Å². The van der Waals surface area contributed by atoms with Crippen LogP contribution in [-0.2, 0) is 0 Å². The van der Waals surface area contributed by atoms with E-state index in [2.05, 4.69) is 9.97 Å². The van der Waals surface area contributed by atoms with Gasteiger partial charge in [0.25, 0.3) is 5.56 Å². The van der Waals surface area contributed by atoms with E-state index in [0.29, 0.717) is 0 Å². The fourth-order valence-electron chi connectivity index (χ4n) is 1.42. The highest BCUT2D eigenvalue weighted by atomic mass is 16.3. The van der Waals surface area contributed by atoms with Crippen molar-refractivity contribution in [2.45, 2.75) is 13.8 Å². The molecule has 0 saturated heterocycles. The lowest BCUT2D eigenvalue weighted by Crippen LogP contribution is -2.17. The Hall–Kier alpha value is -1.91. The summed E-state index contributed by atoms with van der Waals surface area (Å²) in [6, 6.07) is 2.85. The minimum absolute atomic E-state index is 0.229. The number of rotatable bonds is 0. The Morgan fingerprint density at radius 1 is 1.29 bits per heavy atom. The first kappa shape index (κ1) is 8.68. The molecule has 1 N–H and O–H groups in total. The Morgan fingerprint density at radius 2 is 2.00 bits per heavy atom. The van der Waals surface area contributed by atoms with Gasteiger partial charge in [0.05, 0.1) is 6.07 Å². The number of aromatic hydroxyl groups is 1. The summed E-state index contributed by atoms with van der Waals surface area (Å²) in [5.41, 5.74) is 1.20. The molecule has 0 atom stereocenters. The zero-order chi connectivity index (χ0) is 10.3. The predicted molar refractivity (Wildman–Crippen MR) is 50.4 cm³/mol. The Morgan fingerprint density at radius 3 is 2.71 bits per heavy atom. The predicted octanol–water partition coefficient (Wildman–Crippen LogP) is 0.412. The summed E-state index contributed by atoms with van der Waals surface area (Å²) in [7, 11) is 0. The van der Waals surface area contributed by atoms with Crippen LogP contribution in [0.4, 0.5) is 0 Å². The summed E-state index contributed by atoms with van der Waals surface area (Å²) in [5.74, 6) is -0.0694. The molecule has 72 valence electrons. The second-order valence-corrected chi connectivity index (χ2v) is 3.13. The van der Waals surface area contributed by atoms with E-state index < -0.39 is 0 Å². The summed E-state index contributed by atoms with van der Waals surface area (Å²) in [5, 5.41) is 9.13. The molecular weight excluding hydrogens is 182 g/mol. The Bertz CT molecular complexity index is 554. The maximum Gasteiger partial charge on any atom is 0.263 e. The molecule has 5 heteroatoms. The third-order valence-electron chi connectivity index (χ3n) is 1.93. The average molecular weight is 191 g/mol. The van der Waals surface area contributed by atoms with Gasteiger partial charge in [-0.25, -0.2) is 9.38 Å². The van der Waals surface area contributed by atoms with Crippen LogP contribution in [0.2, 0.25) is 0 Å². The summed E-state index contributed by atoms with van der Waals surface area (Å²) >= 11 is 0. The normalized spacial score (nSPS) is 10.7. The first-order chi connectivity index (χ1) is 6.58. The van der Waals surface area contributed by atoms with Crippen LogP contribution in [-0.4, -0.2) is 19.5 Å². The minimum Gasteiger partial charge on any atom is -0.493 e. The van der Waals surface area contributed by atoms with Crippen molar-refractivity contribution in [3.05, 3.63) is 33.9 Å². The van der Waals surface area contributed by atoms with Gasteiger partial charge in [0, 0.05) is 11.4 Å². The molecule has 2 heterocycles. The fourth-order valence-corrected chi connectivity index (χ4v) is 1.42. The molecule has 0 fully saturated rings. The first-order valence-corrected chi connectivity index (χ1v) is 4.15. The number of hydrogen-bond donors (Lipinski definition) is 1. The maximum atomic E-state index is 11.5. The number of aryl methyl sites for hydroxylation is 2. The molecule has 0 aliphatic heterocycles. The molecule has 2 rings (SSSR count). The number of hydrogen-bond acceptors (Lipinski definition) is 4. The van der Waals surface area contributed by atoms with Gasteiger partial charge in [-0.15, -0.1) is 0 Å². The van der Waals surface area contributed by atoms with Crippen molar-refractivity contribution >= 4 is 5.78 Å². The van der Waals surface area contributed by atoms with Crippen LogP contribution < -0.4 is 5.56 Å². The highest BCUT2D eigenvalue weighted by molar-refractivity contribution is 5.34. The first-order valence-electron chi connectivity index (χ1n) is 4.15. The lowest BCUT2D eigenvalue weighted by atomic mass is 10.3. The monoisotopic (exact) mass is 191 g/mol. The fraction of sp³-hybridized carbons (Fsp3) is 0.222. The van der Waals surface area contributed by atoms with Gasteiger partial charge in [0.1, 0.15) is 0 Å². The van der Waals surface area contributed by atoms with E-state index in [1.54, 1.807) is 13.0 Å².